The smallest absolute Gasteiger partial charge is 0.265 e. The largest absolute Gasteiger partial charge is 0.481 e. The summed E-state index contributed by atoms with van der Waals surface area (Å²) in [5, 5.41) is 2.16. The molecule has 27 heavy (non-hydrogen) atoms. The van der Waals surface area contributed by atoms with Gasteiger partial charge in [-0.3, -0.25) is 9.59 Å². The molecule has 0 saturated carbocycles. The highest BCUT2D eigenvalue weighted by Gasteiger charge is 2.22. The van der Waals surface area contributed by atoms with E-state index in [-0.39, 0.29) is 5.91 Å². The van der Waals surface area contributed by atoms with Crippen LogP contribution in [-0.2, 0) is 9.59 Å². The molecule has 1 saturated heterocycles. The second-order valence-electron chi connectivity index (χ2n) is 6.12. The van der Waals surface area contributed by atoms with E-state index in [1.165, 1.54) is 6.92 Å². The maximum absolute atomic E-state index is 13.6. The third kappa shape index (κ3) is 4.05. The zero-order valence-electron chi connectivity index (χ0n) is 14.5. The first-order valence-electron chi connectivity index (χ1n) is 8.38. The van der Waals surface area contributed by atoms with Crippen LogP contribution in [-0.4, -0.2) is 24.5 Å². The van der Waals surface area contributed by atoms with Gasteiger partial charge in [0, 0.05) is 18.7 Å². The maximum atomic E-state index is 13.6. The summed E-state index contributed by atoms with van der Waals surface area (Å²) in [6, 6.07) is 8.29. The predicted octanol–water partition coefficient (Wildman–Crippen LogP) is 3.64. The molecular formula is C19H17F3N2O3. The highest BCUT2D eigenvalue weighted by atomic mass is 19.2. The summed E-state index contributed by atoms with van der Waals surface area (Å²) in [5.74, 6) is -4.77. The van der Waals surface area contributed by atoms with E-state index < -0.39 is 35.2 Å². The lowest BCUT2D eigenvalue weighted by Gasteiger charge is -2.18. The molecule has 1 fully saturated rings. The fourth-order valence-electron chi connectivity index (χ4n) is 2.74. The topological polar surface area (TPSA) is 58.6 Å². The SMILES string of the molecule is C[C@H](Oc1ccc(N2CCCC2=O)cc1)C(=O)Nc1ccc(F)c(F)c1F. The molecule has 1 N–H and O–H groups in total. The van der Waals surface area contributed by atoms with E-state index in [2.05, 4.69) is 5.32 Å². The molecule has 1 aliphatic heterocycles. The summed E-state index contributed by atoms with van der Waals surface area (Å²) in [6.45, 7) is 2.10. The van der Waals surface area contributed by atoms with Crippen LogP contribution in [0.4, 0.5) is 24.5 Å². The first-order valence-corrected chi connectivity index (χ1v) is 8.38. The van der Waals surface area contributed by atoms with Gasteiger partial charge in [0.05, 0.1) is 5.69 Å². The Balaban J connectivity index is 1.63. The number of nitrogens with one attached hydrogen (secondary N) is 1. The molecule has 8 heteroatoms. The number of ether oxygens (including phenoxy) is 1. The fourth-order valence-corrected chi connectivity index (χ4v) is 2.74. The average Bonchev–Trinajstić information content (AvgIpc) is 3.08. The van der Waals surface area contributed by atoms with Crippen LogP contribution < -0.4 is 15.0 Å². The minimum absolute atomic E-state index is 0.0602. The number of rotatable bonds is 5. The monoisotopic (exact) mass is 378 g/mol. The van der Waals surface area contributed by atoms with Crippen molar-refractivity contribution >= 4 is 23.2 Å². The van der Waals surface area contributed by atoms with Gasteiger partial charge in [0.15, 0.2) is 23.6 Å². The van der Waals surface area contributed by atoms with E-state index >= 15 is 0 Å². The lowest BCUT2D eigenvalue weighted by molar-refractivity contribution is -0.122. The van der Waals surface area contributed by atoms with Crippen LogP contribution in [0.2, 0.25) is 0 Å². The van der Waals surface area contributed by atoms with E-state index in [1.54, 1.807) is 29.2 Å². The molecule has 0 bridgehead atoms. The zero-order valence-corrected chi connectivity index (χ0v) is 14.5. The minimum Gasteiger partial charge on any atom is -0.481 e. The molecule has 2 amide bonds. The average molecular weight is 378 g/mol. The molecule has 1 aliphatic rings. The van der Waals surface area contributed by atoms with Crippen molar-refractivity contribution in [3.05, 3.63) is 53.8 Å². The molecule has 1 atom stereocenters. The summed E-state index contributed by atoms with van der Waals surface area (Å²) in [5.41, 5.74) is 0.267. The zero-order chi connectivity index (χ0) is 19.6. The molecule has 1 heterocycles. The van der Waals surface area contributed by atoms with E-state index in [4.69, 9.17) is 4.74 Å². The minimum atomic E-state index is -1.66. The van der Waals surface area contributed by atoms with E-state index in [9.17, 15) is 22.8 Å². The number of amides is 2. The van der Waals surface area contributed by atoms with Crippen molar-refractivity contribution in [2.75, 3.05) is 16.8 Å². The molecule has 0 radical (unpaired) electrons. The number of hydrogen-bond donors (Lipinski definition) is 1. The number of halogens is 3. The second-order valence-corrected chi connectivity index (χ2v) is 6.12. The van der Waals surface area contributed by atoms with E-state index in [0.717, 1.165) is 24.2 Å². The van der Waals surface area contributed by atoms with Gasteiger partial charge in [0.1, 0.15) is 5.75 Å². The van der Waals surface area contributed by atoms with Gasteiger partial charge in [-0.2, -0.15) is 0 Å². The number of carbonyl (C=O) groups excluding carboxylic acids is 2. The van der Waals surface area contributed by atoms with E-state index in [1.807, 2.05) is 0 Å². The third-order valence-electron chi connectivity index (χ3n) is 4.20. The van der Waals surface area contributed by atoms with Crippen molar-refractivity contribution in [3.8, 4) is 5.75 Å². The van der Waals surface area contributed by atoms with Crippen molar-refractivity contribution in [1.82, 2.24) is 0 Å². The molecule has 3 rings (SSSR count). The lowest BCUT2D eigenvalue weighted by atomic mass is 10.2. The molecule has 2 aromatic carbocycles. The van der Waals surface area contributed by atoms with Crippen LogP contribution >= 0.6 is 0 Å². The number of anilines is 2. The Morgan fingerprint density at radius 3 is 2.44 bits per heavy atom. The molecule has 0 unspecified atom stereocenters. The van der Waals surface area contributed by atoms with Crippen LogP contribution in [0, 0.1) is 17.5 Å². The first-order chi connectivity index (χ1) is 12.9. The summed E-state index contributed by atoms with van der Waals surface area (Å²) in [7, 11) is 0. The van der Waals surface area contributed by atoms with Crippen LogP contribution in [0.25, 0.3) is 0 Å². The highest BCUT2D eigenvalue weighted by molar-refractivity contribution is 5.95. The van der Waals surface area contributed by atoms with Gasteiger partial charge in [-0.05, 0) is 49.7 Å². The van der Waals surface area contributed by atoms with Gasteiger partial charge >= 0.3 is 0 Å². The van der Waals surface area contributed by atoms with Gasteiger partial charge < -0.3 is 15.0 Å². The van der Waals surface area contributed by atoms with Gasteiger partial charge in [-0.25, -0.2) is 13.2 Å². The van der Waals surface area contributed by atoms with Gasteiger partial charge in [-0.1, -0.05) is 0 Å². The first kappa shape index (κ1) is 18.8. The second kappa shape index (κ2) is 7.69. The van der Waals surface area contributed by atoms with Crippen LogP contribution in [0.15, 0.2) is 36.4 Å². The van der Waals surface area contributed by atoms with Crippen molar-refractivity contribution in [3.63, 3.8) is 0 Å². The molecule has 0 aromatic heterocycles. The van der Waals surface area contributed by atoms with Crippen LogP contribution in [0.1, 0.15) is 19.8 Å². The summed E-state index contributed by atoms with van der Waals surface area (Å²) in [4.78, 5) is 25.5. The Labute approximate surface area is 153 Å². The number of nitrogens with zero attached hydrogens (tertiary/aromatic N) is 1. The number of benzene rings is 2. The fraction of sp³-hybridized carbons (Fsp3) is 0.263. The number of carbonyl (C=O) groups is 2. The van der Waals surface area contributed by atoms with Crippen molar-refractivity contribution in [1.29, 1.82) is 0 Å². The molecule has 5 nitrogen and oxygen atoms in total. The summed E-state index contributed by atoms with van der Waals surface area (Å²) in [6.07, 6.45) is 0.321. The molecule has 0 spiro atoms. The lowest BCUT2D eigenvalue weighted by Crippen LogP contribution is -2.30. The van der Waals surface area contributed by atoms with Gasteiger partial charge in [0.25, 0.3) is 5.91 Å². The molecular weight excluding hydrogens is 361 g/mol. The van der Waals surface area contributed by atoms with E-state index in [0.29, 0.717) is 18.7 Å². The summed E-state index contributed by atoms with van der Waals surface area (Å²) < 4.78 is 45.3. The Hall–Kier alpha value is -3.03. The van der Waals surface area contributed by atoms with Crippen molar-refractivity contribution < 1.29 is 27.5 Å². The Morgan fingerprint density at radius 1 is 1.11 bits per heavy atom. The highest BCUT2D eigenvalue weighted by Crippen LogP contribution is 2.25. The standard InChI is InChI=1S/C19H17F3N2O3/c1-11(19(26)23-15-9-8-14(20)17(21)18(15)22)27-13-6-4-12(5-7-13)24-10-2-3-16(24)25/h4-9,11H,2-3,10H2,1H3,(H,23,26)/t11-/m0/s1. The Morgan fingerprint density at radius 2 is 1.81 bits per heavy atom. The normalized spacial score (nSPS) is 15.0. The Bertz CT molecular complexity index is 871. The predicted molar refractivity (Wildman–Crippen MR) is 93.1 cm³/mol. The van der Waals surface area contributed by atoms with Crippen LogP contribution in [0.3, 0.4) is 0 Å². The van der Waals surface area contributed by atoms with Crippen LogP contribution in [0.5, 0.6) is 5.75 Å². The molecule has 142 valence electrons. The molecule has 0 aliphatic carbocycles. The Kier molecular flexibility index (Phi) is 5.34. The number of hydrogen-bond acceptors (Lipinski definition) is 3. The van der Waals surface area contributed by atoms with Crippen molar-refractivity contribution in [2.24, 2.45) is 0 Å². The maximum Gasteiger partial charge on any atom is 0.265 e. The summed E-state index contributed by atoms with van der Waals surface area (Å²) >= 11 is 0. The third-order valence-corrected chi connectivity index (χ3v) is 4.20. The van der Waals surface area contributed by atoms with Gasteiger partial charge in [0.2, 0.25) is 5.91 Å². The van der Waals surface area contributed by atoms with Gasteiger partial charge in [-0.15, -0.1) is 0 Å². The molecule has 2 aromatic rings. The quantitative estimate of drug-likeness (QED) is 0.809. The van der Waals surface area contributed by atoms with Crippen molar-refractivity contribution in [2.45, 2.75) is 25.9 Å².